The Morgan fingerprint density at radius 3 is 3.06 bits per heavy atom. The molecule has 4 nitrogen and oxygen atoms in total. The van der Waals surface area contributed by atoms with Crippen molar-refractivity contribution >= 4 is 0 Å². The predicted octanol–water partition coefficient (Wildman–Crippen LogP) is 1.61. The molecule has 1 aliphatic rings. The lowest BCUT2D eigenvalue weighted by Crippen LogP contribution is -2.25. The molecule has 0 aliphatic carbocycles. The maximum Gasteiger partial charge on any atom is 0.164 e. The maximum atomic E-state index is 13.2. The molecule has 2 aromatic rings. The Balaban J connectivity index is 1.98. The van der Waals surface area contributed by atoms with Gasteiger partial charge in [0.1, 0.15) is 11.6 Å². The normalized spacial score (nSPS) is 18.7. The molecule has 0 saturated carbocycles. The van der Waals surface area contributed by atoms with E-state index in [4.69, 9.17) is 5.73 Å². The van der Waals surface area contributed by atoms with Crippen molar-refractivity contribution in [1.82, 2.24) is 14.8 Å². The third kappa shape index (κ3) is 1.90. The van der Waals surface area contributed by atoms with Gasteiger partial charge in [-0.2, -0.15) is 0 Å². The average Bonchev–Trinajstić information content (AvgIpc) is 2.81. The first-order chi connectivity index (χ1) is 8.78. The second kappa shape index (κ2) is 4.49. The summed E-state index contributed by atoms with van der Waals surface area (Å²) in [6.45, 7) is 1.54. The lowest BCUT2D eigenvalue weighted by Gasteiger charge is -2.22. The van der Waals surface area contributed by atoms with Gasteiger partial charge in [-0.15, -0.1) is 10.2 Å². The summed E-state index contributed by atoms with van der Waals surface area (Å²) in [5, 5.41) is 8.38. The molecular weight excluding hydrogens is 231 g/mol. The number of hydrogen-bond donors (Lipinski definition) is 1. The Kier molecular flexibility index (Phi) is 2.83. The average molecular weight is 246 g/mol. The highest BCUT2D eigenvalue weighted by Crippen LogP contribution is 2.25. The lowest BCUT2D eigenvalue weighted by molar-refractivity contribution is 0.391. The van der Waals surface area contributed by atoms with Crippen LogP contribution in [0.5, 0.6) is 0 Å². The van der Waals surface area contributed by atoms with Crippen LogP contribution >= 0.6 is 0 Å². The Morgan fingerprint density at radius 1 is 1.39 bits per heavy atom. The van der Waals surface area contributed by atoms with Crippen molar-refractivity contribution < 1.29 is 4.39 Å². The molecule has 1 aromatic heterocycles. The van der Waals surface area contributed by atoms with Crippen LogP contribution in [0.15, 0.2) is 24.3 Å². The summed E-state index contributed by atoms with van der Waals surface area (Å²) in [4.78, 5) is 0. The number of nitrogens with two attached hydrogens (primary N) is 1. The van der Waals surface area contributed by atoms with Crippen molar-refractivity contribution in [3.8, 4) is 11.4 Å². The van der Waals surface area contributed by atoms with Crippen LogP contribution in [-0.2, 0) is 13.0 Å². The largest absolute Gasteiger partial charge is 0.330 e. The van der Waals surface area contributed by atoms with Gasteiger partial charge in [-0.3, -0.25) is 0 Å². The summed E-state index contributed by atoms with van der Waals surface area (Å²) in [5.41, 5.74) is 6.47. The van der Waals surface area contributed by atoms with Gasteiger partial charge in [0.15, 0.2) is 5.82 Å². The number of benzene rings is 1. The number of hydrogen-bond acceptors (Lipinski definition) is 3. The monoisotopic (exact) mass is 246 g/mol. The molecule has 18 heavy (non-hydrogen) atoms. The molecule has 94 valence electrons. The van der Waals surface area contributed by atoms with E-state index < -0.39 is 0 Å². The van der Waals surface area contributed by atoms with E-state index in [1.807, 2.05) is 6.07 Å². The first-order valence-corrected chi connectivity index (χ1v) is 6.16. The quantitative estimate of drug-likeness (QED) is 0.875. The summed E-state index contributed by atoms with van der Waals surface area (Å²) in [7, 11) is 0. The Hall–Kier alpha value is -1.75. The highest BCUT2D eigenvalue weighted by Gasteiger charge is 2.22. The third-order valence-electron chi connectivity index (χ3n) is 3.48. The van der Waals surface area contributed by atoms with Crippen LogP contribution in [0.4, 0.5) is 4.39 Å². The van der Waals surface area contributed by atoms with E-state index in [-0.39, 0.29) is 5.82 Å². The van der Waals surface area contributed by atoms with Crippen molar-refractivity contribution in [1.29, 1.82) is 0 Å². The second-order valence-corrected chi connectivity index (χ2v) is 4.70. The fourth-order valence-corrected chi connectivity index (χ4v) is 2.44. The van der Waals surface area contributed by atoms with E-state index in [9.17, 15) is 4.39 Å². The zero-order valence-corrected chi connectivity index (χ0v) is 10.0. The van der Waals surface area contributed by atoms with Gasteiger partial charge < -0.3 is 10.3 Å². The van der Waals surface area contributed by atoms with Crippen LogP contribution in [0, 0.1) is 11.7 Å². The molecule has 1 atom stereocenters. The van der Waals surface area contributed by atoms with E-state index in [0.29, 0.717) is 12.5 Å². The molecular formula is C13H15FN4. The molecule has 1 unspecified atom stereocenters. The lowest BCUT2D eigenvalue weighted by atomic mass is 9.98. The van der Waals surface area contributed by atoms with Crippen molar-refractivity contribution in [2.75, 3.05) is 6.54 Å². The van der Waals surface area contributed by atoms with Crippen molar-refractivity contribution in [3.63, 3.8) is 0 Å². The van der Waals surface area contributed by atoms with Crippen LogP contribution in [0.2, 0.25) is 0 Å². The zero-order valence-electron chi connectivity index (χ0n) is 10.0. The zero-order chi connectivity index (χ0) is 12.5. The molecule has 0 bridgehead atoms. The van der Waals surface area contributed by atoms with Gasteiger partial charge in [0, 0.05) is 18.5 Å². The third-order valence-corrected chi connectivity index (χ3v) is 3.48. The summed E-state index contributed by atoms with van der Waals surface area (Å²) >= 11 is 0. The fourth-order valence-electron chi connectivity index (χ4n) is 2.44. The van der Waals surface area contributed by atoms with E-state index in [2.05, 4.69) is 14.8 Å². The molecule has 3 rings (SSSR count). The van der Waals surface area contributed by atoms with E-state index in [0.717, 1.165) is 36.6 Å². The fraction of sp³-hybridized carbons (Fsp3) is 0.385. The number of nitrogens with zero attached hydrogens (tertiary/aromatic N) is 3. The standard InChI is InChI=1S/C13H15FN4/c14-11-3-1-2-10(7-11)13-17-16-12-6-9(8-15)4-5-18(12)13/h1-3,7,9H,4-6,8,15H2. The molecule has 0 fully saturated rings. The Labute approximate surface area is 105 Å². The van der Waals surface area contributed by atoms with E-state index >= 15 is 0 Å². The van der Waals surface area contributed by atoms with Gasteiger partial charge in [0.05, 0.1) is 0 Å². The first kappa shape index (κ1) is 11.3. The molecule has 0 spiro atoms. The van der Waals surface area contributed by atoms with E-state index in [1.54, 1.807) is 6.07 Å². The number of fused-ring (bicyclic) bond motifs is 1. The molecule has 5 heteroatoms. The molecule has 0 radical (unpaired) electrons. The first-order valence-electron chi connectivity index (χ1n) is 6.16. The van der Waals surface area contributed by atoms with Crippen LogP contribution in [0.1, 0.15) is 12.2 Å². The van der Waals surface area contributed by atoms with Crippen LogP contribution in [0.3, 0.4) is 0 Å². The molecule has 2 N–H and O–H groups in total. The molecule has 1 aromatic carbocycles. The highest BCUT2D eigenvalue weighted by atomic mass is 19.1. The van der Waals surface area contributed by atoms with E-state index in [1.165, 1.54) is 12.1 Å². The smallest absolute Gasteiger partial charge is 0.164 e. The summed E-state index contributed by atoms with van der Waals surface area (Å²) < 4.78 is 15.3. The van der Waals surface area contributed by atoms with Gasteiger partial charge >= 0.3 is 0 Å². The number of rotatable bonds is 2. The highest BCUT2D eigenvalue weighted by molar-refractivity contribution is 5.55. The second-order valence-electron chi connectivity index (χ2n) is 4.70. The Bertz CT molecular complexity index is 564. The van der Waals surface area contributed by atoms with Gasteiger partial charge in [0.25, 0.3) is 0 Å². The van der Waals surface area contributed by atoms with Gasteiger partial charge in [-0.1, -0.05) is 12.1 Å². The SMILES string of the molecule is NCC1CCn2c(nnc2-c2cccc(F)c2)C1. The van der Waals surface area contributed by atoms with Gasteiger partial charge in [-0.25, -0.2) is 4.39 Å². The van der Waals surface area contributed by atoms with Crippen molar-refractivity contribution in [2.45, 2.75) is 19.4 Å². The summed E-state index contributed by atoms with van der Waals surface area (Å²) in [6.07, 6.45) is 1.89. The molecule has 2 heterocycles. The van der Waals surface area contributed by atoms with Crippen LogP contribution in [-0.4, -0.2) is 21.3 Å². The van der Waals surface area contributed by atoms with Crippen molar-refractivity contribution in [2.24, 2.45) is 11.7 Å². The summed E-state index contributed by atoms with van der Waals surface area (Å²) in [6, 6.07) is 6.47. The molecule has 0 amide bonds. The minimum Gasteiger partial charge on any atom is -0.330 e. The summed E-state index contributed by atoms with van der Waals surface area (Å²) in [5.74, 6) is 1.94. The maximum absolute atomic E-state index is 13.2. The van der Waals surface area contributed by atoms with Crippen molar-refractivity contribution in [3.05, 3.63) is 35.9 Å². The topological polar surface area (TPSA) is 56.7 Å². The minimum absolute atomic E-state index is 0.250. The minimum atomic E-state index is -0.250. The van der Waals surface area contributed by atoms with Crippen LogP contribution in [0.25, 0.3) is 11.4 Å². The predicted molar refractivity (Wildman–Crippen MR) is 66.3 cm³/mol. The van der Waals surface area contributed by atoms with Crippen LogP contribution < -0.4 is 5.73 Å². The van der Waals surface area contributed by atoms with Gasteiger partial charge in [-0.05, 0) is 31.0 Å². The molecule has 0 saturated heterocycles. The number of aromatic nitrogens is 3. The number of halogens is 1. The van der Waals surface area contributed by atoms with Gasteiger partial charge in [0.2, 0.25) is 0 Å². The molecule has 1 aliphatic heterocycles. The Morgan fingerprint density at radius 2 is 2.28 bits per heavy atom.